The largest absolute Gasteiger partial charge is 0.497 e. The van der Waals surface area contributed by atoms with Crippen molar-refractivity contribution in [2.75, 3.05) is 53.0 Å². The molecule has 0 atom stereocenters. The van der Waals surface area contributed by atoms with E-state index in [-0.39, 0.29) is 12.5 Å². The lowest BCUT2D eigenvalue weighted by molar-refractivity contribution is -0.123. The van der Waals surface area contributed by atoms with Crippen molar-refractivity contribution in [3.63, 3.8) is 0 Å². The van der Waals surface area contributed by atoms with E-state index in [1.807, 2.05) is 0 Å². The molecule has 162 valence electrons. The first kappa shape index (κ1) is 22.1. The number of carbonyl (C=O) groups excluding carboxylic acids is 1. The predicted octanol–water partition coefficient (Wildman–Crippen LogP) is 1.20. The third-order valence-corrected chi connectivity index (χ3v) is 6.79. The zero-order chi connectivity index (χ0) is 21.4. The van der Waals surface area contributed by atoms with Crippen LogP contribution in [0.25, 0.3) is 0 Å². The molecule has 1 N–H and O–H groups in total. The Bertz CT molecular complexity index is 929. The molecule has 0 radical (unpaired) electrons. The molecule has 1 heterocycles. The molecule has 2 aromatic carbocycles. The zero-order valence-corrected chi connectivity index (χ0v) is 17.8. The quantitative estimate of drug-likeness (QED) is 0.639. The van der Waals surface area contributed by atoms with Gasteiger partial charge < -0.3 is 14.8 Å². The number of ether oxygens (including phenoxy) is 2. The van der Waals surface area contributed by atoms with E-state index in [4.69, 9.17) is 9.47 Å². The van der Waals surface area contributed by atoms with E-state index in [1.165, 1.54) is 4.31 Å². The number of hydrogen-bond acceptors (Lipinski definition) is 6. The van der Waals surface area contributed by atoms with E-state index in [1.54, 1.807) is 61.7 Å². The van der Waals surface area contributed by atoms with E-state index in [0.717, 1.165) is 0 Å². The van der Waals surface area contributed by atoms with Gasteiger partial charge in [-0.1, -0.05) is 24.3 Å². The number of piperazine rings is 1. The van der Waals surface area contributed by atoms with Gasteiger partial charge in [-0.3, -0.25) is 9.69 Å². The van der Waals surface area contributed by atoms with Crippen molar-refractivity contribution in [3.8, 4) is 11.5 Å². The average Bonchev–Trinajstić information content (AvgIpc) is 2.79. The second-order valence-electron chi connectivity index (χ2n) is 6.88. The maximum atomic E-state index is 12.7. The van der Waals surface area contributed by atoms with Crippen LogP contribution in [0, 0.1) is 0 Å². The summed E-state index contributed by atoms with van der Waals surface area (Å²) in [4.78, 5) is 14.4. The summed E-state index contributed by atoms with van der Waals surface area (Å²) in [7, 11) is -1.87. The Labute approximate surface area is 177 Å². The van der Waals surface area contributed by atoms with E-state index >= 15 is 0 Å². The first-order valence-electron chi connectivity index (χ1n) is 9.80. The summed E-state index contributed by atoms with van der Waals surface area (Å²) < 4.78 is 37.4. The summed E-state index contributed by atoms with van der Waals surface area (Å²) in [5.41, 5.74) is 0. The average molecular weight is 434 g/mol. The highest BCUT2D eigenvalue weighted by atomic mass is 32.2. The second kappa shape index (κ2) is 10.4. The monoisotopic (exact) mass is 433 g/mol. The van der Waals surface area contributed by atoms with E-state index in [9.17, 15) is 13.2 Å². The fraction of sp³-hybridized carbons (Fsp3) is 0.381. The normalized spacial score (nSPS) is 15.5. The summed E-state index contributed by atoms with van der Waals surface area (Å²) in [6.07, 6.45) is 0. The van der Waals surface area contributed by atoms with Gasteiger partial charge in [-0.2, -0.15) is 4.31 Å². The molecular formula is C21H27N3O5S. The molecule has 0 spiro atoms. The highest BCUT2D eigenvalue weighted by molar-refractivity contribution is 7.89. The highest BCUT2D eigenvalue weighted by Crippen LogP contribution is 2.19. The maximum absolute atomic E-state index is 12.7. The highest BCUT2D eigenvalue weighted by Gasteiger charge is 2.28. The number of benzene rings is 2. The van der Waals surface area contributed by atoms with Crippen LogP contribution in [0.4, 0.5) is 0 Å². The van der Waals surface area contributed by atoms with Gasteiger partial charge in [-0.05, 0) is 24.3 Å². The lowest BCUT2D eigenvalue weighted by Gasteiger charge is -2.33. The smallest absolute Gasteiger partial charge is 0.257 e. The molecule has 1 fully saturated rings. The molecule has 0 bridgehead atoms. The number of hydrogen-bond donors (Lipinski definition) is 1. The molecule has 0 aliphatic carbocycles. The molecular weight excluding hydrogens is 406 g/mol. The summed E-state index contributed by atoms with van der Waals surface area (Å²) in [6, 6.07) is 15.6. The molecule has 3 rings (SSSR count). The first-order chi connectivity index (χ1) is 14.5. The van der Waals surface area contributed by atoms with E-state index in [2.05, 4.69) is 10.2 Å². The number of amides is 1. The van der Waals surface area contributed by atoms with Crippen molar-refractivity contribution in [1.82, 2.24) is 14.5 Å². The second-order valence-corrected chi connectivity index (χ2v) is 8.81. The van der Waals surface area contributed by atoms with Gasteiger partial charge in [0.1, 0.15) is 11.5 Å². The third-order valence-electron chi connectivity index (χ3n) is 4.87. The van der Waals surface area contributed by atoms with Crippen LogP contribution in [-0.4, -0.2) is 76.5 Å². The number of nitrogens with zero attached hydrogens (tertiary/aromatic N) is 2. The van der Waals surface area contributed by atoms with Crippen molar-refractivity contribution in [2.45, 2.75) is 4.90 Å². The summed E-state index contributed by atoms with van der Waals surface area (Å²) in [5.74, 6) is 1.03. The summed E-state index contributed by atoms with van der Waals surface area (Å²) in [5, 5.41) is 2.83. The van der Waals surface area contributed by atoms with Gasteiger partial charge in [0.25, 0.3) is 5.91 Å². The van der Waals surface area contributed by atoms with Crippen LogP contribution in [0.15, 0.2) is 59.5 Å². The summed E-state index contributed by atoms with van der Waals surface area (Å²) in [6.45, 7) is 3.19. The Kier molecular flexibility index (Phi) is 7.67. The number of methoxy groups -OCH3 is 1. The van der Waals surface area contributed by atoms with Crippen LogP contribution in [0.1, 0.15) is 0 Å². The molecule has 1 saturated heterocycles. The van der Waals surface area contributed by atoms with Crippen LogP contribution in [0.2, 0.25) is 0 Å². The van der Waals surface area contributed by atoms with E-state index < -0.39 is 10.0 Å². The Morgan fingerprint density at radius 3 is 2.40 bits per heavy atom. The van der Waals surface area contributed by atoms with Crippen molar-refractivity contribution in [3.05, 3.63) is 54.6 Å². The lowest BCUT2D eigenvalue weighted by Crippen LogP contribution is -2.50. The van der Waals surface area contributed by atoms with Crippen LogP contribution in [0.3, 0.4) is 0 Å². The number of nitrogens with one attached hydrogen (secondary N) is 1. The van der Waals surface area contributed by atoms with Gasteiger partial charge in [-0.15, -0.1) is 0 Å². The Morgan fingerprint density at radius 1 is 1.00 bits per heavy atom. The topological polar surface area (TPSA) is 88.2 Å². The minimum atomic E-state index is -3.45. The maximum Gasteiger partial charge on any atom is 0.257 e. The van der Waals surface area contributed by atoms with E-state index in [0.29, 0.717) is 55.7 Å². The van der Waals surface area contributed by atoms with Gasteiger partial charge in [-0.25, -0.2) is 8.42 Å². The molecule has 1 aliphatic rings. The molecule has 1 amide bonds. The molecule has 30 heavy (non-hydrogen) atoms. The van der Waals surface area contributed by atoms with Gasteiger partial charge in [0, 0.05) is 45.3 Å². The van der Waals surface area contributed by atoms with Crippen LogP contribution < -0.4 is 14.8 Å². The fourth-order valence-electron chi connectivity index (χ4n) is 3.18. The Balaban J connectivity index is 1.36. The Hall–Kier alpha value is -2.62. The van der Waals surface area contributed by atoms with Gasteiger partial charge in [0.15, 0.2) is 6.61 Å². The van der Waals surface area contributed by atoms with Crippen LogP contribution in [-0.2, 0) is 14.8 Å². The summed E-state index contributed by atoms with van der Waals surface area (Å²) >= 11 is 0. The van der Waals surface area contributed by atoms with Crippen molar-refractivity contribution in [2.24, 2.45) is 0 Å². The standard InChI is InChI=1S/C21H27N3O5S/c1-28-18-6-5-7-19(16-18)29-17-21(25)22-10-11-23-12-14-24(15-13-23)30(26,27)20-8-3-2-4-9-20/h2-9,16H,10-15,17H2,1H3,(H,22,25). The van der Waals surface area contributed by atoms with Gasteiger partial charge >= 0.3 is 0 Å². The Morgan fingerprint density at radius 2 is 1.70 bits per heavy atom. The SMILES string of the molecule is COc1cccc(OCC(=O)NCCN2CCN(S(=O)(=O)c3ccccc3)CC2)c1. The number of rotatable bonds is 9. The lowest BCUT2D eigenvalue weighted by atomic mass is 10.3. The molecule has 0 aromatic heterocycles. The molecule has 9 heteroatoms. The molecule has 2 aromatic rings. The van der Waals surface area contributed by atoms with Crippen molar-refractivity contribution >= 4 is 15.9 Å². The predicted molar refractivity (Wildman–Crippen MR) is 113 cm³/mol. The molecule has 0 unspecified atom stereocenters. The van der Waals surface area contributed by atoms with Crippen LogP contribution in [0.5, 0.6) is 11.5 Å². The van der Waals surface area contributed by atoms with Gasteiger partial charge in [0.05, 0.1) is 12.0 Å². The first-order valence-corrected chi connectivity index (χ1v) is 11.2. The fourth-order valence-corrected chi connectivity index (χ4v) is 4.62. The van der Waals surface area contributed by atoms with Gasteiger partial charge in [0.2, 0.25) is 10.0 Å². The third kappa shape index (κ3) is 5.94. The number of carbonyl (C=O) groups is 1. The minimum Gasteiger partial charge on any atom is -0.497 e. The molecule has 1 aliphatic heterocycles. The van der Waals surface area contributed by atoms with Crippen molar-refractivity contribution < 1.29 is 22.7 Å². The van der Waals surface area contributed by atoms with Crippen LogP contribution >= 0.6 is 0 Å². The zero-order valence-electron chi connectivity index (χ0n) is 17.0. The molecule has 8 nitrogen and oxygen atoms in total. The number of sulfonamides is 1. The molecule has 0 saturated carbocycles. The minimum absolute atomic E-state index is 0.0732. The van der Waals surface area contributed by atoms with Crippen molar-refractivity contribution in [1.29, 1.82) is 0 Å².